The molecule has 1 atom stereocenters. The van der Waals surface area contributed by atoms with Crippen LogP contribution in [0.4, 0.5) is 4.79 Å². The van der Waals surface area contributed by atoms with Crippen LogP contribution in [0.1, 0.15) is 33.1 Å². The Hall–Kier alpha value is -0.770. The summed E-state index contributed by atoms with van der Waals surface area (Å²) in [6.45, 7) is 7.40. The van der Waals surface area contributed by atoms with Crippen LogP contribution in [0.15, 0.2) is 0 Å². The molecule has 16 heavy (non-hydrogen) atoms. The molecule has 1 aliphatic heterocycles. The molecule has 0 aromatic rings. The largest absolute Gasteiger partial charge is 0.351 e. The van der Waals surface area contributed by atoms with Gasteiger partial charge in [0.25, 0.3) is 0 Å². The highest BCUT2D eigenvalue weighted by Gasteiger charge is 2.45. The van der Waals surface area contributed by atoms with Gasteiger partial charge in [-0.3, -0.25) is 0 Å². The van der Waals surface area contributed by atoms with Gasteiger partial charge in [-0.15, -0.1) is 0 Å². The van der Waals surface area contributed by atoms with Gasteiger partial charge in [0, 0.05) is 19.1 Å². The average molecular weight is 225 g/mol. The molecule has 2 aliphatic rings. The van der Waals surface area contributed by atoms with Crippen molar-refractivity contribution in [3.05, 3.63) is 0 Å². The van der Waals surface area contributed by atoms with Crippen molar-refractivity contribution in [3.63, 3.8) is 0 Å². The minimum atomic E-state index is -0.276. The van der Waals surface area contributed by atoms with Crippen LogP contribution in [0.25, 0.3) is 0 Å². The van der Waals surface area contributed by atoms with Crippen molar-refractivity contribution < 1.29 is 4.79 Å². The third kappa shape index (κ3) is 2.67. The van der Waals surface area contributed by atoms with E-state index in [9.17, 15) is 4.79 Å². The van der Waals surface area contributed by atoms with Gasteiger partial charge in [0.1, 0.15) is 0 Å². The van der Waals surface area contributed by atoms with E-state index in [2.05, 4.69) is 19.2 Å². The van der Waals surface area contributed by atoms with Crippen LogP contribution in [-0.2, 0) is 0 Å². The molecule has 0 radical (unpaired) electrons. The number of amides is 2. The zero-order valence-corrected chi connectivity index (χ0v) is 10.3. The van der Waals surface area contributed by atoms with Crippen molar-refractivity contribution in [2.45, 2.75) is 39.2 Å². The van der Waals surface area contributed by atoms with E-state index in [1.54, 1.807) is 4.90 Å². The van der Waals surface area contributed by atoms with Crippen molar-refractivity contribution in [3.8, 4) is 0 Å². The highest BCUT2D eigenvalue weighted by atomic mass is 16.2. The SMILES string of the molecule is CC1(C)CC1CNC1CCN(C(N)=O)CC1. The maximum atomic E-state index is 11.0. The van der Waals surface area contributed by atoms with Crippen LogP contribution in [-0.4, -0.2) is 36.6 Å². The van der Waals surface area contributed by atoms with Gasteiger partial charge in [0.2, 0.25) is 0 Å². The molecule has 0 bridgehead atoms. The first-order valence-corrected chi connectivity index (χ1v) is 6.27. The van der Waals surface area contributed by atoms with Crippen molar-refractivity contribution in [2.24, 2.45) is 17.1 Å². The Kier molecular flexibility index (Phi) is 3.10. The monoisotopic (exact) mass is 225 g/mol. The van der Waals surface area contributed by atoms with Crippen molar-refractivity contribution in [2.75, 3.05) is 19.6 Å². The van der Waals surface area contributed by atoms with Gasteiger partial charge in [-0.2, -0.15) is 0 Å². The Morgan fingerprint density at radius 3 is 2.44 bits per heavy atom. The molecule has 0 aromatic carbocycles. The number of hydrogen-bond donors (Lipinski definition) is 2. The lowest BCUT2D eigenvalue weighted by molar-refractivity contribution is 0.184. The second-order valence-corrected chi connectivity index (χ2v) is 5.90. The summed E-state index contributed by atoms with van der Waals surface area (Å²) in [5.41, 5.74) is 5.80. The van der Waals surface area contributed by atoms with Crippen LogP contribution < -0.4 is 11.1 Å². The van der Waals surface area contributed by atoms with Crippen molar-refractivity contribution >= 4 is 6.03 Å². The van der Waals surface area contributed by atoms with E-state index >= 15 is 0 Å². The number of primary amides is 1. The third-order valence-electron chi connectivity index (χ3n) is 4.18. The van der Waals surface area contributed by atoms with Gasteiger partial charge in [0.15, 0.2) is 0 Å². The molecule has 1 heterocycles. The number of nitrogens with zero attached hydrogens (tertiary/aromatic N) is 1. The minimum absolute atomic E-state index is 0.276. The first kappa shape index (κ1) is 11.7. The van der Waals surface area contributed by atoms with E-state index < -0.39 is 0 Å². The van der Waals surface area contributed by atoms with Gasteiger partial charge in [0.05, 0.1) is 0 Å². The van der Waals surface area contributed by atoms with Crippen LogP contribution in [0.3, 0.4) is 0 Å². The van der Waals surface area contributed by atoms with Crippen LogP contribution in [0.5, 0.6) is 0 Å². The van der Waals surface area contributed by atoms with Gasteiger partial charge in [-0.25, -0.2) is 4.79 Å². The number of piperidine rings is 1. The Labute approximate surface area is 97.6 Å². The summed E-state index contributed by atoms with van der Waals surface area (Å²) in [5, 5.41) is 3.62. The Bertz CT molecular complexity index is 269. The highest BCUT2D eigenvalue weighted by Crippen LogP contribution is 2.51. The normalized spacial score (nSPS) is 29.1. The van der Waals surface area contributed by atoms with Gasteiger partial charge >= 0.3 is 6.03 Å². The van der Waals surface area contributed by atoms with E-state index in [0.717, 1.165) is 38.4 Å². The van der Waals surface area contributed by atoms with E-state index in [4.69, 9.17) is 5.73 Å². The molecule has 4 heteroatoms. The topological polar surface area (TPSA) is 58.4 Å². The number of hydrogen-bond acceptors (Lipinski definition) is 2. The Balaban J connectivity index is 1.64. The molecule has 0 aromatic heterocycles. The van der Waals surface area contributed by atoms with Crippen molar-refractivity contribution in [1.82, 2.24) is 10.2 Å². The second-order valence-electron chi connectivity index (χ2n) is 5.90. The molecular weight excluding hydrogens is 202 g/mol. The summed E-state index contributed by atoms with van der Waals surface area (Å²) in [6, 6.07) is 0.300. The van der Waals surface area contributed by atoms with E-state index in [0.29, 0.717) is 11.5 Å². The fourth-order valence-corrected chi connectivity index (χ4v) is 2.54. The lowest BCUT2D eigenvalue weighted by atomic mass is 10.0. The zero-order chi connectivity index (χ0) is 11.8. The summed E-state index contributed by atoms with van der Waals surface area (Å²) in [7, 11) is 0. The Morgan fingerprint density at radius 1 is 1.44 bits per heavy atom. The summed E-state index contributed by atoms with van der Waals surface area (Å²) < 4.78 is 0. The van der Waals surface area contributed by atoms with Crippen LogP contribution in [0.2, 0.25) is 0 Å². The smallest absolute Gasteiger partial charge is 0.314 e. The molecule has 2 amide bonds. The number of rotatable bonds is 3. The molecule has 2 rings (SSSR count). The standard InChI is InChI=1S/C12H23N3O/c1-12(2)7-9(12)8-14-10-3-5-15(6-4-10)11(13)16/h9-10,14H,3-8H2,1-2H3,(H2,13,16). The number of nitrogens with one attached hydrogen (secondary N) is 1. The maximum Gasteiger partial charge on any atom is 0.314 e. The molecule has 1 aliphatic carbocycles. The first-order chi connectivity index (χ1) is 7.49. The number of nitrogens with two attached hydrogens (primary N) is 1. The summed E-state index contributed by atoms with van der Waals surface area (Å²) in [5.74, 6) is 0.849. The molecule has 1 saturated carbocycles. The fraction of sp³-hybridized carbons (Fsp3) is 0.917. The van der Waals surface area contributed by atoms with E-state index in [1.807, 2.05) is 0 Å². The lowest BCUT2D eigenvalue weighted by Gasteiger charge is -2.31. The van der Waals surface area contributed by atoms with Crippen molar-refractivity contribution in [1.29, 1.82) is 0 Å². The fourth-order valence-electron chi connectivity index (χ4n) is 2.54. The predicted octanol–water partition coefficient (Wildman–Crippen LogP) is 1.17. The molecule has 1 saturated heterocycles. The first-order valence-electron chi connectivity index (χ1n) is 6.27. The Morgan fingerprint density at radius 2 is 2.00 bits per heavy atom. The third-order valence-corrected chi connectivity index (χ3v) is 4.18. The minimum Gasteiger partial charge on any atom is -0.351 e. The molecule has 2 fully saturated rings. The van der Waals surface area contributed by atoms with E-state index in [1.165, 1.54) is 6.42 Å². The number of carbonyl (C=O) groups is 1. The average Bonchev–Trinajstić information content (AvgIpc) is 2.84. The predicted molar refractivity (Wildman–Crippen MR) is 64.1 cm³/mol. The molecule has 92 valence electrons. The molecule has 3 N–H and O–H groups in total. The molecule has 0 spiro atoms. The summed E-state index contributed by atoms with van der Waals surface area (Å²) >= 11 is 0. The van der Waals surface area contributed by atoms with Crippen LogP contribution >= 0.6 is 0 Å². The van der Waals surface area contributed by atoms with Gasteiger partial charge in [-0.1, -0.05) is 13.8 Å². The number of urea groups is 1. The second kappa shape index (κ2) is 4.24. The summed E-state index contributed by atoms with van der Waals surface area (Å²) in [6.07, 6.45) is 3.42. The van der Waals surface area contributed by atoms with Gasteiger partial charge < -0.3 is 16.0 Å². The van der Waals surface area contributed by atoms with Gasteiger partial charge in [-0.05, 0) is 37.1 Å². The van der Waals surface area contributed by atoms with Crippen LogP contribution in [0, 0.1) is 11.3 Å². The molecule has 1 unspecified atom stereocenters. The number of likely N-dealkylation sites (tertiary alicyclic amines) is 1. The number of carbonyl (C=O) groups excluding carboxylic acids is 1. The summed E-state index contributed by atoms with van der Waals surface area (Å²) in [4.78, 5) is 12.7. The maximum absolute atomic E-state index is 11.0. The molecular formula is C12H23N3O. The quantitative estimate of drug-likeness (QED) is 0.757. The molecule has 4 nitrogen and oxygen atoms in total. The zero-order valence-electron chi connectivity index (χ0n) is 10.3. The highest BCUT2D eigenvalue weighted by molar-refractivity contribution is 5.72. The van der Waals surface area contributed by atoms with E-state index in [-0.39, 0.29) is 6.03 Å². The lowest BCUT2D eigenvalue weighted by Crippen LogP contribution is -2.47.